The molecule has 0 aromatic carbocycles. The van der Waals surface area contributed by atoms with Crippen molar-refractivity contribution in [2.24, 2.45) is 16.7 Å². The molecule has 0 aromatic heterocycles. The van der Waals surface area contributed by atoms with Crippen LogP contribution in [-0.2, 0) is 9.47 Å². The molecule has 0 saturated heterocycles. The minimum atomic E-state index is 0.258. The smallest absolute Gasteiger partial charge is 0.0704 e. The molecule has 1 aliphatic rings. The second kappa shape index (κ2) is 6.38. The summed E-state index contributed by atoms with van der Waals surface area (Å²) in [6.07, 6.45) is 4.32. The van der Waals surface area contributed by atoms with Crippen molar-refractivity contribution in [2.45, 2.75) is 66.9 Å². The van der Waals surface area contributed by atoms with Gasteiger partial charge in [0.1, 0.15) is 0 Å². The third kappa shape index (κ3) is 7.38. The first-order chi connectivity index (χ1) is 8.16. The molecule has 1 fully saturated rings. The Balaban J connectivity index is 1.94. The molecule has 108 valence electrons. The van der Waals surface area contributed by atoms with E-state index in [0.717, 1.165) is 25.7 Å². The summed E-state index contributed by atoms with van der Waals surface area (Å²) >= 11 is 0. The van der Waals surface area contributed by atoms with E-state index in [1.165, 1.54) is 19.3 Å². The summed E-state index contributed by atoms with van der Waals surface area (Å²) < 4.78 is 11.4. The zero-order valence-corrected chi connectivity index (χ0v) is 13.2. The summed E-state index contributed by atoms with van der Waals surface area (Å²) in [4.78, 5) is 0. The summed E-state index contributed by atoms with van der Waals surface area (Å²) in [6, 6.07) is 0. The molecule has 0 radical (unpaired) electrons. The average Bonchev–Trinajstić information content (AvgIpc) is 2.08. The highest BCUT2D eigenvalue weighted by Gasteiger charge is 2.32. The SMILES string of the molecule is CC(C)(C)COCCOC1CC(CC(C)(C)C)C1. The van der Waals surface area contributed by atoms with Gasteiger partial charge in [0.05, 0.1) is 25.9 Å². The van der Waals surface area contributed by atoms with Crippen LogP contribution in [0.1, 0.15) is 60.8 Å². The highest BCUT2D eigenvalue weighted by Crippen LogP contribution is 2.38. The van der Waals surface area contributed by atoms with Crippen molar-refractivity contribution < 1.29 is 9.47 Å². The molecule has 18 heavy (non-hydrogen) atoms. The fourth-order valence-electron chi connectivity index (χ4n) is 2.50. The first-order valence-corrected chi connectivity index (χ1v) is 7.35. The van der Waals surface area contributed by atoms with Gasteiger partial charge in [-0.15, -0.1) is 0 Å². The Morgan fingerprint density at radius 1 is 0.889 bits per heavy atom. The first kappa shape index (κ1) is 16.0. The van der Waals surface area contributed by atoms with Crippen LogP contribution in [-0.4, -0.2) is 25.9 Å². The summed E-state index contributed by atoms with van der Waals surface area (Å²) in [5, 5.41) is 0. The molecule has 0 aromatic rings. The van der Waals surface area contributed by atoms with Crippen molar-refractivity contribution in [3.63, 3.8) is 0 Å². The predicted octanol–water partition coefficient (Wildman–Crippen LogP) is 4.28. The molecular formula is C16H32O2. The fourth-order valence-corrected chi connectivity index (χ4v) is 2.50. The standard InChI is InChI=1S/C16H32O2/c1-15(2,3)11-13-9-14(10-13)18-8-7-17-12-16(4,5)6/h13-14H,7-12H2,1-6H3. The van der Waals surface area contributed by atoms with E-state index < -0.39 is 0 Å². The summed E-state index contributed by atoms with van der Waals surface area (Å²) in [6.45, 7) is 15.8. The molecule has 0 heterocycles. The minimum Gasteiger partial charge on any atom is -0.379 e. The normalized spacial score (nSPS) is 25.0. The lowest BCUT2D eigenvalue weighted by molar-refractivity contribution is -0.0650. The van der Waals surface area contributed by atoms with Crippen molar-refractivity contribution in [2.75, 3.05) is 19.8 Å². The molecule has 0 amide bonds. The van der Waals surface area contributed by atoms with Gasteiger partial charge in [-0.25, -0.2) is 0 Å². The van der Waals surface area contributed by atoms with Gasteiger partial charge in [0.2, 0.25) is 0 Å². The minimum absolute atomic E-state index is 0.258. The quantitative estimate of drug-likeness (QED) is 0.660. The van der Waals surface area contributed by atoms with Crippen LogP contribution < -0.4 is 0 Å². The molecular weight excluding hydrogens is 224 g/mol. The number of rotatable bonds is 6. The third-order valence-electron chi connectivity index (χ3n) is 3.21. The van der Waals surface area contributed by atoms with Crippen molar-refractivity contribution in [1.29, 1.82) is 0 Å². The molecule has 0 bridgehead atoms. The lowest BCUT2D eigenvalue weighted by Crippen LogP contribution is -2.34. The summed E-state index contributed by atoms with van der Waals surface area (Å²) in [5.41, 5.74) is 0.722. The third-order valence-corrected chi connectivity index (χ3v) is 3.21. The summed E-state index contributed by atoms with van der Waals surface area (Å²) in [7, 11) is 0. The topological polar surface area (TPSA) is 18.5 Å². The van der Waals surface area contributed by atoms with Crippen LogP contribution in [0.5, 0.6) is 0 Å². The molecule has 1 rings (SSSR count). The molecule has 0 aliphatic heterocycles. The zero-order chi connectivity index (χ0) is 13.8. The predicted molar refractivity (Wildman–Crippen MR) is 76.8 cm³/mol. The van der Waals surface area contributed by atoms with Gasteiger partial charge in [-0.2, -0.15) is 0 Å². The Morgan fingerprint density at radius 2 is 1.50 bits per heavy atom. The number of hydrogen-bond donors (Lipinski definition) is 0. The van der Waals surface area contributed by atoms with Crippen molar-refractivity contribution in [3.8, 4) is 0 Å². The molecule has 0 spiro atoms. The maximum absolute atomic E-state index is 5.81. The largest absolute Gasteiger partial charge is 0.379 e. The Hall–Kier alpha value is -0.0800. The van der Waals surface area contributed by atoms with E-state index in [0.29, 0.717) is 11.5 Å². The fraction of sp³-hybridized carbons (Fsp3) is 1.00. The second-order valence-electron chi connectivity index (χ2n) is 8.21. The molecule has 0 N–H and O–H groups in total. The van der Waals surface area contributed by atoms with Gasteiger partial charge < -0.3 is 9.47 Å². The van der Waals surface area contributed by atoms with E-state index in [4.69, 9.17) is 9.47 Å². The van der Waals surface area contributed by atoms with Crippen LogP contribution in [0.3, 0.4) is 0 Å². The van der Waals surface area contributed by atoms with Gasteiger partial charge in [-0.3, -0.25) is 0 Å². The lowest BCUT2D eigenvalue weighted by Gasteiger charge is -2.38. The van der Waals surface area contributed by atoms with Crippen LogP contribution in [0.4, 0.5) is 0 Å². The lowest BCUT2D eigenvalue weighted by atomic mass is 9.73. The van der Waals surface area contributed by atoms with Gasteiger partial charge in [0, 0.05) is 0 Å². The Morgan fingerprint density at radius 3 is 2.00 bits per heavy atom. The van der Waals surface area contributed by atoms with E-state index in [9.17, 15) is 0 Å². The first-order valence-electron chi connectivity index (χ1n) is 7.35. The van der Waals surface area contributed by atoms with Crippen LogP contribution in [0, 0.1) is 16.7 Å². The molecule has 1 saturated carbocycles. The second-order valence-corrected chi connectivity index (χ2v) is 8.21. The van der Waals surface area contributed by atoms with E-state index >= 15 is 0 Å². The molecule has 0 unspecified atom stereocenters. The average molecular weight is 256 g/mol. The highest BCUT2D eigenvalue weighted by molar-refractivity contribution is 4.83. The Bertz CT molecular complexity index is 228. The Labute approximate surface area is 113 Å². The van der Waals surface area contributed by atoms with E-state index in [1.54, 1.807) is 0 Å². The molecule has 0 atom stereocenters. The van der Waals surface area contributed by atoms with Crippen LogP contribution in [0.15, 0.2) is 0 Å². The Kier molecular flexibility index (Phi) is 5.67. The van der Waals surface area contributed by atoms with Gasteiger partial charge in [0.15, 0.2) is 0 Å². The highest BCUT2D eigenvalue weighted by atomic mass is 16.5. The molecule has 2 nitrogen and oxygen atoms in total. The van der Waals surface area contributed by atoms with Crippen LogP contribution in [0.2, 0.25) is 0 Å². The van der Waals surface area contributed by atoms with E-state index in [2.05, 4.69) is 41.5 Å². The zero-order valence-electron chi connectivity index (χ0n) is 13.2. The number of hydrogen-bond acceptors (Lipinski definition) is 2. The number of ether oxygens (including phenoxy) is 2. The van der Waals surface area contributed by atoms with Crippen molar-refractivity contribution in [3.05, 3.63) is 0 Å². The van der Waals surface area contributed by atoms with Crippen LogP contribution in [0.25, 0.3) is 0 Å². The van der Waals surface area contributed by atoms with Gasteiger partial charge in [-0.05, 0) is 36.0 Å². The van der Waals surface area contributed by atoms with Gasteiger partial charge in [0.25, 0.3) is 0 Å². The van der Waals surface area contributed by atoms with Gasteiger partial charge >= 0.3 is 0 Å². The maximum Gasteiger partial charge on any atom is 0.0704 e. The van der Waals surface area contributed by atoms with E-state index in [-0.39, 0.29) is 5.41 Å². The van der Waals surface area contributed by atoms with Gasteiger partial charge in [-0.1, -0.05) is 41.5 Å². The van der Waals surface area contributed by atoms with Crippen molar-refractivity contribution >= 4 is 0 Å². The van der Waals surface area contributed by atoms with Crippen molar-refractivity contribution in [1.82, 2.24) is 0 Å². The molecule has 1 aliphatic carbocycles. The summed E-state index contributed by atoms with van der Waals surface area (Å²) in [5.74, 6) is 0.880. The maximum atomic E-state index is 5.81. The molecule has 2 heteroatoms. The van der Waals surface area contributed by atoms with Crippen LogP contribution >= 0.6 is 0 Å². The monoisotopic (exact) mass is 256 g/mol. The van der Waals surface area contributed by atoms with E-state index in [1.807, 2.05) is 0 Å².